The second kappa shape index (κ2) is 6.05. The van der Waals surface area contributed by atoms with Crippen molar-refractivity contribution in [1.82, 2.24) is 14.9 Å². The molecule has 3 N–H and O–H groups in total. The number of anilines is 1. The quantitative estimate of drug-likeness (QED) is 0.877. The number of aryl methyl sites for hydroxylation is 2. The van der Waals surface area contributed by atoms with Crippen molar-refractivity contribution in [2.24, 2.45) is 5.92 Å². The van der Waals surface area contributed by atoms with E-state index in [2.05, 4.69) is 9.97 Å². The Balaban J connectivity index is 1.95. The standard InChI is InChI=1S/C16H22N4O2S/c1-8-12-14(17)18-10(3)19-15(12)23-13(8)16(22)20-6-4-5-11(7-20)9(2)21/h9,11,21H,4-7H2,1-3H3,(H2,17,18,19). The van der Waals surface area contributed by atoms with Crippen LogP contribution in [0, 0.1) is 19.8 Å². The summed E-state index contributed by atoms with van der Waals surface area (Å²) in [5.74, 6) is 1.20. The lowest BCUT2D eigenvalue weighted by molar-refractivity contribution is 0.0469. The van der Waals surface area contributed by atoms with Gasteiger partial charge in [0, 0.05) is 19.0 Å². The minimum absolute atomic E-state index is 0.00732. The lowest BCUT2D eigenvalue weighted by Crippen LogP contribution is -2.42. The van der Waals surface area contributed by atoms with E-state index < -0.39 is 6.10 Å². The van der Waals surface area contributed by atoms with Gasteiger partial charge in [-0.3, -0.25) is 4.79 Å². The van der Waals surface area contributed by atoms with Gasteiger partial charge in [-0.05, 0) is 39.2 Å². The maximum atomic E-state index is 12.9. The molecule has 2 aromatic heterocycles. The molecule has 124 valence electrons. The van der Waals surface area contributed by atoms with E-state index in [1.807, 2.05) is 11.8 Å². The number of nitrogen functional groups attached to an aromatic ring is 1. The molecule has 0 spiro atoms. The SMILES string of the molecule is Cc1nc(N)c2c(C)c(C(=O)N3CCCC(C(C)O)C3)sc2n1. The Morgan fingerprint density at radius 2 is 2.17 bits per heavy atom. The van der Waals surface area contributed by atoms with Gasteiger partial charge in [0.25, 0.3) is 5.91 Å². The first-order valence-electron chi connectivity index (χ1n) is 7.89. The predicted molar refractivity (Wildman–Crippen MR) is 91.6 cm³/mol. The zero-order valence-corrected chi connectivity index (χ0v) is 14.5. The fourth-order valence-electron chi connectivity index (χ4n) is 3.22. The number of aromatic nitrogens is 2. The van der Waals surface area contributed by atoms with Gasteiger partial charge in [0.05, 0.1) is 16.4 Å². The summed E-state index contributed by atoms with van der Waals surface area (Å²) in [5.41, 5.74) is 6.86. The third-order valence-electron chi connectivity index (χ3n) is 4.55. The summed E-state index contributed by atoms with van der Waals surface area (Å²) in [7, 11) is 0. The van der Waals surface area contributed by atoms with Crippen LogP contribution in [0.4, 0.5) is 5.82 Å². The molecule has 23 heavy (non-hydrogen) atoms. The monoisotopic (exact) mass is 334 g/mol. The van der Waals surface area contributed by atoms with E-state index in [4.69, 9.17) is 5.73 Å². The zero-order chi connectivity index (χ0) is 16.7. The fourth-order valence-corrected chi connectivity index (χ4v) is 4.42. The number of hydrogen-bond donors (Lipinski definition) is 2. The van der Waals surface area contributed by atoms with Crippen molar-refractivity contribution in [3.8, 4) is 0 Å². The minimum atomic E-state index is -0.390. The molecule has 1 amide bonds. The molecule has 1 saturated heterocycles. The third kappa shape index (κ3) is 2.90. The zero-order valence-electron chi connectivity index (χ0n) is 13.7. The van der Waals surface area contributed by atoms with Gasteiger partial charge in [-0.25, -0.2) is 9.97 Å². The number of carbonyl (C=O) groups is 1. The molecule has 0 aliphatic carbocycles. The molecular formula is C16H22N4O2S. The Morgan fingerprint density at radius 1 is 1.43 bits per heavy atom. The highest BCUT2D eigenvalue weighted by Gasteiger charge is 2.29. The van der Waals surface area contributed by atoms with Crippen molar-refractivity contribution in [3.63, 3.8) is 0 Å². The summed E-state index contributed by atoms with van der Waals surface area (Å²) in [5, 5.41) is 10.6. The molecule has 0 aromatic carbocycles. The average molecular weight is 334 g/mol. The molecule has 1 aliphatic heterocycles. The Bertz CT molecular complexity index is 756. The Kier molecular flexibility index (Phi) is 4.25. The Morgan fingerprint density at radius 3 is 2.87 bits per heavy atom. The number of nitrogens with zero attached hydrogens (tertiary/aromatic N) is 3. The number of aliphatic hydroxyl groups excluding tert-OH is 1. The highest BCUT2D eigenvalue weighted by atomic mass is 32.1. The molecule has 2 unspecified atom stereocenters. The van der Waals surface area contributed by atoms with Crippen LogP contribution in [0.5, 0.6) is 0 Å². The van der Waals surface area contributed by atoms with Gasteiger partial charge in [-0.2, -0.15) is 0 Å². The van der Waals surface area contributed by atoms with Crippen molar-refractivity contribution < 1.29 is 9.90 Å². The number of aliphatic hydroxyl groups is 1. The van der Waals surface area contributed by atoms with Crippen LogP contribution in [0.3, 0.4) is 0 Å². The summed E-state index contributed by atoms with van der Waals surface area (Å²) in [6.07, 6.45) is 1.50. The molecule has 2 aromatic rings. The minimum Gasteiger partial charge on any atom is -0.393 e. The number of nitrogens with two attached hydrogens (primary N) is 1. The lowest BCUT2D eigenvalue weighted by Gasteiger charge is -2.34. The topological polar surface area (TPSA) is 92.3 Å². The number of thiophene rings is 1. The number of hydrogen-bond acceptors (Lipinski definition) is 6. The van der Waals surface area contributed by atoms with Crippen LogP contribution in [0.1, 0.15) is 40.8 Å². The molecule has 3 rings (SSSR count). The maximum absolute atomic E-state index is 12.9. The van der Waals surface area contributed by atoms with Crippen LogP contribution in [0.2, 0.25) is 0 Å². The number of rotatable bonds is 2. The van der Waals surface area contributed by atoms with Gasteiger partial charge in [0.2, 0.25) is 0 Å². The third-order valence-corrected chi connectivity index (χ3v) is 5.73. The lowest BCUT2D eigenvalue weighted by atomic mass is 9.93. The number of fused-ring (bicyclic) bond motifs is 1. The van der Waals surface area contributed by atoms with Crippen LogP contribution >= 0.6 is 11.3 Å². The smallest absolute Gasteiger partial charge is 0.264 e. The number of amides is 1. The van der Waals surface area contributed by atoms with Gasteiger partial charge < -0.3 is 15.7 Å². The van der Waals surface area contributed by atoms with E-state index >= 15 is 0 Å². The second-order valence-electron chi connectivity index (χ2n) is 6.29. The van der Waals surface area contributed by atoms with Crippen LogP contribution in [0.15, 0.2) is 0 Å². The van der Waals surface area contributed by atoms with E-state index in [0.717, 1.165) is 35.2 Å². The fraction of sp³-hybridized carbons (Fsp3) is 0.562. The van der Waals surface area contributed by atoms with Crippen LogP contribution in [0.25, 0.3) is 10.2 Å². The molecule has 2 atom stereocenters. The molecule has 1 aliphatic rings. The van der Waals surface area contributed by atoms with E-state index in [0.29, 0.717) is 23.1 Å². The molecule has 0 bridgehead atoms. The van der Waals surface area contributed by atoms with Crippen molar-refractivity contribution in [3.05, 3.63) is 16.3 Å². The summed E-state index contributed by atoms with van der Waals surface area (Å²) in [6, 6.07) is 0. The molecule has 7 heteroatoms. The first kappa shape index (κ1) is 16.1. The molecule has 0 radical (unpaired) electrons. The van der Waals surface area contributed by atoms with Crippen LogP contribution < -0.4 is 5.73 Å². The number of piperidine rings is 1. The summed E-state index contributed by atoms with van der Waals surface area (Å²) >= 11 is 1.38. The normalized spacial score (nSPS) is 20.0. The van der Waals surface area contributed by atoms with Crippen LogP contribution in [-0.2, 0) is 0 Å². The van der Waals surface area contributed by atoms with Gasteiger partial charge >= 0.3 is 0 Å². The first-order valence-corrected chi connectivity index (χ1v) is 8.70. The Hall–Kier alpha value is -1.73. The Labute approximate surface area is 139 Å². The van der Waals surface area contributed by atoms with Crippen LogP contribution in [-0.4, -0.2) is 45.1 Å². The first-order chi connectivity index (χ1) is 10.9. The number of carbonyl (C=O) groups excluding carboxylic acids is 1. The van der Waals surface area contributed by atoms with E-state index in [-0.39, 0.29) is 11.8 Å². The predicted octanol–water partition coefficient (Wildman–Crippen LogP) is 2.12. The van der Waals surface area contributed by atoms with E-state index in [1.54, 1.807) is 13.8 Å². The average Bonchev–Trinajstić information content (AvgIpc) is 2.83. The highest BCUT2D eigenvalue weighted by Crippen LogP contribution is 2.34. The molecule has 0 saturated carbocycles. The van der Waals surface area contributed by atoms with Crippen molar-refractivity contribution in [2.75, 3.05) is 18.8 Å². The van der Waals surface area contributed by atoms with E-state index in [9.17, 15) is 9.90 Å². The summed E-state index contributed by atoms with van der Waals surface area (Å²) in [6.45, 7) is 6.82. The maximum Gasteiger partial charge on any atom is 0.264 e. The molecular weight excluding hydrogens is 312 g/mol. The molecule has 1 fully saturated rings. The van der Waals surface area contributed by atoms with Gasteiger partial charge in [0.15, 0.2) is 0 Å². The summed E-state index contributed by atoms with van der Waals surface area (Å²) < 4.78 is 0. The highest BCUT2D eigenvalue weighted by molar-refractivity contribution is 7.20. The van der Waals surface area contributed by atoms with Crippen molar-refractivity contribution in [1.29, 1.82) is 0 Å². The van der Waals surface area contributed by atoms with Crippen molar-refractivity contribution in [2.45, 2.75) is 39.7 Å². The molecule has 3 heterocycles. The van der Waals surface area contributed by atoms with E-state index in [1.165, 1.54) is 11.3 Å². The van der Waals surface area contributed by atoms with Crippen molar-refractivity contribution >= 4 is 33.3 Å². The van der Waals surface area contributed by atoms with Gasteiger partial charge in [0.1, 0.15) is 16.5 Å². The molecule has 6 nitrogen and oxygen atoms in total. The van der Waals surface area contributed by atoms with Gasteiger partial charge in [-0.15, -0.1) is 11.3 Å². The largest absolute Gasteiger partial charge is 0.393 e. The number of likely N-dealkylation sites (tertiary alicyclic amines) is 1. The van der Waals surface area contributed by atoms with Gasteiger partial charge in [-0.1, -0.05) is 0 Å². The summed E-state index contributed by atoms with van der Waals surface area (Å²) in [4.78, 5) is 24.8. The second-order valence-corrected chi connectivity index (χ2v) is 7.29.